The second-order valence-electron chi connectivity index (χ2n) is 3.64. The molecule has 0 unspecified atom stereocenters. The summed E-state index contributed by atoms with van der Waals surface area (Å²) in [6, 6.07) is 14.3. The maximum absolute atomic E-state index is 9.61. The lowest BCUT2D eigenvalue weighted by Gasteiger charge is -2.09. The summed E-state index contributed by atoms with van der Waals surface area (Å²) in [5.41, 5.74) is 0. The maximum Gasteiger partial charge on any atom is 0.165 e. The van der Waals surface area contributed by atoms with E-state index in [2.05, 4.69) is 6.58 Å². The molecule has 0 saturated heterocycles. The molecule has 2 aromatic carbocycles. The van der Waals surface area contributed by atoms with Crippen molar-refractivity contribution in [2.24, 2.45) is 0 Å². The molecule has 0 saturated carbocycles. The number of hydrogen-bond acceptors (Lipinski definition) is 3. The van der Waals surface area contributed by atoms with E-state index in [9.17, 15) is 5.11 Å². The normalized spacial score (nSPS) is 9.78. The Morgan fingerprint density at radius 1 is 1.06 bits per heavy atom. The van der Waals surface area contributed by atoms with Crippen LogP contribution in [-0.2, 0) is 0 Å². The largest absolute Gasteiger partial charge is 0.504 e. The minimum atomic E-state index is 0.0808. The van der Waals surface area contributed by atoms with E-state index >= 15 is 0 Å². The van der Waals surface area contributed by atoms with Gasteiger partial charge < -0.3 is 14.6 Å². The molecule has 2 aromatic rings. The highest BCUT2D eigenvalue weighted by molar-refractivity contribution is 5.45. The van der Waals surface area contributed by atoms with Crippen molar-refractivity contribution in [3.8, 4) is 23.0 Å². The van der Waals surface area contributed by atoms with Crippen molar-refractivity contribution in [3.05, 3.63) is 61.2 Å². The number of phenols is 1. The Morgan fingerprint density at radius 3 is 2.56 bits per heavy atom. The van der Waals surface area contributed by atoms with Gasteiger partial charge in [0, 0.05) is 6.07 Å². The van der Waals surface area contributed by atoms with E-state index in [1.807, 2.05) is 30.3 Å². The lowest BCUT2D eigenvalue weighted by atomic mass is 10.3. The summed E-state index contributed by atoms with van der Waals surface area (Å²) in [6.45, 7) is 3.89. The summed E-state index contributed by atoms with van der Waals surface area (Å²) in [5, 5.41) is 9.61. The molecule has 0 amide bonds. The lowest BCUT2D eigenvalue weighted by Crippen LogP contribution is -1.93. The summed E-state index contributed by atoms with van der Waals surface area (Å²) in [5.74, 6) is 1.80. The summed E-state index contributed by atoms with van der Waals surface area (Å²) in [6.07, 6.45) is 1.62. The molecule has 0 radical (unpaired) electrons. The number of ether oxygens (including phenoxy) is 2. The van der Waals surface area contributed by atoms with Crippen LogP contribution in [0.25, 0.3) is 0 Å². The Balaban J connectivity index is 2.16. The van der Waals surface area contributed by atoms with E-state index < -0.39 is 0 Å². The maximum atomic E-state index is 9.61. The zero-order valence-corrected chi connectivity index (χ0v) is 9.87. The Bertz CT molecular complexity index is 521. The summed E-state index contributed by atoms with van der Waals surface area (Å²) in [4.78, 5) is 0. The molecule has 0 aliphatic carbocycles. The van der Waals surface area contributed by atoms with Crippen LogP contribution in [0.3, 0.4) is 0 Å². The quantitative estimate of drug-likeness (QED) is 0.811. The molecule has 3 nitrogen and oxygen atoms in total. The Hall–Kier alpha value is -2.42. The highest BCUT2D eigenvalue weighted by Gasteiger charge is 2.05. The van der Waals surface area contributed by atoms with Crippen LogP contribution in [0.4, 0.5) is 0 Å². The smallest absolute Gasteiger partial charge is 0.165 e. The average molecular weight is 242 g/mol. The first-order valence-electron chi connectivity index (χ1n) is 5.59. The monoisotopic (exact) mass is 242 g/mol. The van der Waals surface area contributed by atoms with Crippen LogP contribution >= 0.6 is 0 Å². The minimum absolute atomic E-state index is 0.0808. The van der Waals surface area contributed by atoms with Gasteiger partial charge in [0.25, 0.3) is 0 Å². The van der Waals surface area contributed by atoms with E-state index in [-0.39, 0.29) is 5.75 Å². The molecule has 0 spiro atoms. The predicted octanol–water partition coefficient (Wildman–Crippen LogP) is 3.75. The average Bonchev–Trinajstić information content (AvgIpc) is 2.40. The topological polar surface area (TPSA) is 38.7 Å². The Kier molecular flexibility index (Phi) is 3.86. The third-order valence-corrected chi connectivity index (χ3v) is 2.27. The van der Waals surface area contributed by atoms with E-state index in [0.29, 0.717) is 18.1 Å². The van der Waals surface area contributed by atoms with Gasteiger partial charge in [-0.15, -0.1) is 0 Å². The number of hydrogen-bond donors (Lipinski definition) is 1. The Labute approximate surface area is 106 Å². The molecule has 1 N–H and O–H groups in total. The first-order chi connectivity index (χ1) is 8.79. The second kappa shape index (κ2) is 5.77. The molecule has 0 bridgehead atoms. The van der Waals surface area contributed by atoms with Crippen molar-refractivity contribution in [2.45, 2.75) is 0 Å². The highest BCUT2D eigenvalue weighted by atomic mass is 16.5. The van der Waals surface area contributed by atoms with Gasteiger partial charge in [-0.2, -0.15) is 0 Å². The lowest BCUT2D eigenvalue weighted by molar-refractivity contribution is 0.334. The minimum Gasteiger partial charge on any atom is -0.504 e. The number of benzene rings is 2. The number of phenolic OH excluding ortho intramolecular Hbond substituents is 1. The molecular formula is C15H14O3. The summed E-state index contributed by atoms with van der Waals surface area (Å²) >= 11 is 0. The van der Waals surface area contributed by atoms with Gasteiger partial charge in [0.05, 0.1) is 0 Å². The summed E-state index contributed by atoms with van der Waals surface area (Å²) < 4.78 is 11.0. The van der Waals surface area contributed by atoms with Crippen molar-refractivity contribution >= 4 is 0 Å². The molecule has 18 heavy (non-hydrogen) atoms. The van der Waals surface area contributed by atoms with Crippen molar-refractivity contribution in [2.75, 3.05) is 6.61 Å². The second-order valence-corrected chi connectivity index (χ2v) is 3.64. The molecule has 92 valence electrons. The van der Waals surface area contributed by atoms with Crippen molar-refractivity contribution in [3.63, 3.8) is 0 Å². The first-order valence-corrected chi connectivity index (χ1v) is 5.59. The molecular weight excluding hydrogens is 228 g/mol. The number of rotatable bonds is 5. The molecule has 0 aromatic heterocycles. The fourth-order valence-electron chi connectivity index (χ4n) is 1.45. The van der Waals surface area contributed by atoms with Gasteiger partial charge in [-0.05, 0) is 24.3 Å². The number of aromatic hydroxyl groups is 1. The van der Waals surface area contributed by atoms with Gasteiger partial charge in [-0.1, -0.05) is 30.9 Å². The zero-order chi connectivity index (χ0) is 12.8. The first kappa shape index (κ1) is 12.0. The van der Waals surface area contributed by atoms with Gasteiger partial charge in [0.1, 0.15) is 18.1 Å². The highest BCUT2D eigenvalue weighted by Crippen LogP contribution is 2.32. The van der Waals surface area contributed by atoms with Crippen molar-refractivity contribution < 1.29 is 14.6 Å². The van der Waals surface area contributed by atoms with Gasteiger partial charge >= 0.3 is 0 Å². The molecule has 3 heteroatoms. The zero-order valence-electron chi connectivity index (χ0n) is 9.87. The van der Waals surface area contributed by atoms with Crippen LogP contribution in [0, 0.1) is 0 Å². The predicted molar refractivity (Wildman–Crippen MR) is 70.3 cm³/mol. The standard InChI is InChI=1S/C15H14O3/c1-2-10-17-15-11-13(8-9-14(15)16)18-12-6-4-3-5-7-12/h2-9,11,16H,1,10H2. The fraction of sp³-hybridized carbons (Fsp3) is 0.0667. The Morgan fingerprint density at radius 2 is 1.83 bits per heavy atom. The molecule has 0 fully saturated rings. The van der Waals surface area contributed by atoms with E-state index in [1.54, 1.807) is 18.2 Å². The molecule has 0 aliphatic rings. The van der Waals surface area contributed by atoms with Crippen LogP contribution in [0.5, 0.6) is 23.0 Å². The van der Waals surface area contributed by atoms with Crippen LogP contribution < -0.4 is 9.47 Å². The van der Waals surface area contributed by atoms with Crippen LogP contribution in [-0.4, -0.2) is 11.7 Å². The van der Waals surface area contributed by atoms with Crippen LogP contribution in [0.2, 0.25) is 0 Å². The SMILES string of the molecule is C=CCOc1cc(Oc2ccccc2)ccc1O. The number of para-hydroxylation sites is 1. The summed E-state index contributed by atoms with van der Waals surface area (Å²) in [7, 11) is 0. The van der Waals surface area contributed by atoms with Crippen molar-refractivity contribution in [1.29, 1.82) is 0 Å². The van der Waals surface area contributed by atoms with Gasteiger partial charge in [-0.25, -0.2) is 0 Å². The van der Waals surface area contributed by atoms with E-state index in [0.717, 1.165) is 5.75 Å². The van der Waals surface area contributed by atoms with Gasteiger partial charge in [0.2, 0.25) is 0 Å². The molecule has 2 rings (SSSR count). The molecule has 0 heterocycles. The van der Waals surface area contributed by atoms with E-state index in [1.165, 1.54) is 6.07 Å². The third-order valence-electron chi connectivity index (χ3n) is 2.27. The van der Waals surface area contributed by atoms with Crippen LogP contribution in [0.1, 0.15) is 0 Å². The van der Waals surface area contributed by atoms with Gasteiger partial charge in [0.15, 0.2) is 11.5 Å². The van der Waals surface area contributed by atoms with Crippen molar-refractivity contribution in [1.82, 2.24) is 0 Å². The molecule has 0 aliphatic heterocycles. The van der Waals surface area contributed by atoms with Crippen LogP contribution in [0.15, 0.2) is 61.2 Å². The fourth-order valence-corrected chi connectivity index (χ4v) is 1.45. The third kappa shape index (κ3) is 3.04. The molecule has 0 atom stereocenters. The van der Waals surface area contributed by atoms with E-state index in [4.69, 9.17) is 9.47 Å². The van der Waals surface area contributed by atoms with Gasteiger partial charge in [-0.3, -0.25) is 0 Å².